The average molecular weight is 276 g/mol. The lowest BCUT2D eigenvalue weighted by atomic mass is 10.0. The first-order chi connectivity index (χ1) is 8.99. The Morgan fingerprint density at radius 3 is 2.37 bits per heavy atom. The van der Waals surface area contributed by atoms with Crippen LogP contribution in [0.2, 0.25) is 5.02 Å². The largest absolute Gasteiger partial charge is 0.508 e. The van der Waals surface area contributed by atoms with E-state index in [1.807, 2.05) is 13.0 Å². The minimum absolute atomic E-state index is 0.0153. The monoisotopic (exact) mass is 275 g/mol. The summed E-state index contributed by atoms with van der Waals surface area (Å²) in [7, 11) is 0. The number of aryl methyl sites for hydroxylation is 2. The van der Waals surface area contributed by atoms with E-state index in [2.05, 4.69) is 31.3 Å². The summed E-state index contributed by atoms with van der Waals surface area (Å²) in [5, 5.41) is 14.0. The number of phenols is 1. The van der Waals surface area contributed by atoms with Gasteiger partial charge in [-0.2, -0.15) is 0 Å². The summed E-state index contributed by atoms with van der Waals surface area (Å²) in [5.74, 6) is 0.260. The van der Waals surface area contributed by atoms with Crippen LogP contribution in [0.1, 0.15) is 29.7 Å². The van der Waals surface area contributed by atoms with Gasteiger partial charge in [0.1, 0.15) is 5.75 Å². The van der Waals surface area contributed by atoms with E-state index >= 15 is 0 Å². The van der Waals surface area contributed by atoms with E-state index in [0.29, 0.717) is 5.02 Å². The smallest absolute Gasteiger partial charge is 0.120 e. The van der Waals surface area contributed by atoms with Crippen LogP contribution in [-0.2, 0) is 0 Å². The van der Waals surface area contributed by atoms with E-state index in [1.54, 1.807) is 18.2 Å². The molecule has 0 heterocycles. The zero-order valence-corrected chi connectivity index (χ0v) is 12.1. The lowest BCUT2D eigenvalue weighted by Gasteiger charge is -2.20. The first-order valence-corrected chi connectivity index (χ1v) is 6.68. The van der Waals surface area contributed by atoms with Crippen molar-refractivity contribution >= 4 is 17.3 Å². The second-order valence-corrected chi connectivity index (χ2v) is 5.27. The first-order valence-electron chi connectivity index (χ1n) is 6.30. The van der Waals surface area contributed by atoms with Gasteiger partial charge in [-0.25, -0.2) is 0 Å². The summed E-state index contributed by atoms with van der Waals surface area (Å²) in [6.07, 6.45) is 0. The molecule has 100 valence electrons. The molecule has 2 aromatic rings. The van der Waals surface area contributed by atoms with Gasteiger partial charge in [-0.1, -0.05) is 29.8 Å². The predicted molar refractivity (Wildman–Crippen MR) is 81.1 cm³/mol. The highest BCUT2D eigenvalue weighted by atomic mass is 35.5. The number of hydrogen-bond donors (Lipinski definition) is 2. The third-order valence-corrected chi connectivity index (χ3v) is 3.53. The Morgan fingerprint density at radius 1 is 1.11 bits per heavy atom. The van der Waals surface area contributed by atoms with Crippen LogP contribution >= 0.6 is 11.6 Å². The normalized spacial score (nSPS) is 12.2. The lowest BCUT2D eigenvalue weighted by molar-refractivity contribution is 0.465. The van der Waals surface area contributed by atoms with Crippen molar-refractivity contribution in [2.45, 2.75) is 26.8 Å². The topological polar surface area (TPSA) is 32.3 Å². The second kappa shape index (κ2) is 5.54. The Hall–Kier alpha value is -1.67. The van der Waals surface area contributed by atoms with Crippen LogP contribution in [0.15, 0.2) is 36.4 Å². The van der Waals surface area contributed by atoms with Crippen LogP contribution in [0.4, 0.5) is 5.69 Å². The van der Waals surface area contributed by atoms with E-state index in [-0.39, 0.29) is 11.8 Å². The molecule has 3 heteroatoms. The number of hydrogen-bond acceptors (Lipinski definition) is 2. The summed E-state index contributed by atoms with van der Waals surface area (Å²) in [5.41, 5.74) is 4.28. The molecule has 0 aliphatic carbocycles. The number of benzene rings is 2. The van der Waals surface area contributed by atoms with Crippen LogP contribution in [0.3, 0.4) is 0 Å². The number of nitrogens with one attached hydrogen (secondary N) is 1. The number of rotatable bonds is 3. The zero-order chi connectivity index (χ0) is 14.0. The molecule has 0 aliphatic rings. The highest BCUT2D eigenvalue weighted by Crippen LogP contribution is 2.31. The minimum atomic E-state index is -0.0153. The molecular formula is C16H18ClNO. The average Bonchev–Trinajstić information content (AvgIpc) is 2.37. The molecule has 0 radical (unpaired) electrons. The number of phenolic OH excluding ortho intramolecular Hbond substituents is 1. The van der Waals surface area contributed by atoms with E-state index in [1.165, 1.54) is 11.1 Å². The lowest BCUT2D eigenvalue weighted by Crippen LogP contribution is -2.09. The molecule has 1 atom stereocenters. The number of aromatic hydroxyl groups is 1. The van der Waals surface area contributed by atoms with E-state index in [9.17, 15) is 5.11 Å². The van der Waals surface area contributed by atoms with Gasteiger partial charge in [-0.05, 0) is 50.1 Å². The molecule has 0 saturated heterocycles. The third-order valence-electron chi connectivity index (χ3n) is 3.30. The van der Waals surface area contributed by atoms with Gasteiger partial charge in [0, 0.05) is 16.3 Å². The number of para-hydroxylation sites is 1. The van der Waals surface area contributed by atoms with Crippen molar-refractivity contribution < 1.29 is 5.11 Å². The summed E-state index contributed by atoms with van der Waals surface area (Å²) in [4.78, 5) is 0. The predicted octanol–water partition coefficient (Wildman–Crippen LogP) is 4.84. The number of halogens is 1. The van der Waals surface area contributed by atoms with E-state index in [4.69, 9.17) is 11.6 Å². The van der Waals surface area contributed by atoms with Crippen molar-refractivity contribution in [1.82, 2.24) is 0 Å². The Balaban J connectivity index is 2.31. The van der Waals surface area contributed by atoms with Crippen LogP contribution in [0.25, 0.3) is 0 Å². The van der Waals surface area contributed by atoms with E-state index < -0.39 is 0 Å². The standard InChI is InChI=1S/C16H18ClNO/c1-10-5-4-6-11(2)16(10)18-12(3)14-9-13(17)7-8-15(14)19/h4-9,12,18-19H,1-3H3. The molecule has 0 aliphatic heterocycles. The van der Waals surface area contributed by atoms with Crippen molar-refractivity contribution in [2.75, 3.05) is 5.32 Å². The first kappa shape index (κ1) is 13.8. The maximum absolute atomic E-state index is 9.92. The molecule has 2 aromatic carbocycles. The fourth-order valence-corrected chi connectivity index (χ4v) is 2.39. The minimum Gasteiger partial charge on any atom is -0.508 e. The Labute approximate surface area is 119 Å². The summed E-state index contributed by atoms with van der Waals surface area (Å²) in [6.45, 7) is 6.15. The highest BCUT2D eigenvalue weighted by Gasteiger charge is 2.12. The Kier molecular flexibility index (Phi) is 4.01. The van der Waals surface area contributed by atoms with E-state index in [0.717, 1.165) is 11.3 Å². The van der Waals surface area contributed by atoms with Crippen LogP contribution in [0.5, 0.6) is 5.75 Å². The van der Waals surface area contributed by atoms with Gasteiger partial charge in [0.25, 0.3) is 0 Å². The molecule has 2 nitrogen and oxygen atoms in total. The van der Waals surface area contributed by atoms with Gasteiger partial charge in [0.15, 0.2) is 0 Å². The Bertz CT molecular complexity index is 575. The van der Waals surface area contributed by atoms with Crippen LogP contribution in [-0.4, -0.2) is 5.11 Å². The van der Waals surface area contributed by atoms with Gasteiger partial charge in [-0.3, -0.25) is 0 Å². The van der Waals surface area contributed by atoms with Crippen molar-refractivity contribution in [3.05, 3.63) is 58.1 Å². The third kappa shape index (κ3) is 3.02. The molecular weight excluding hydrogens is 258 g/mol. The molecule has 19 heavy (non-hydrogen) atoms. The zero-order valence-electron chi connectivity index (χ0n) is 11.4. The molecule has 0 bridgehead atoms. The second-order valence-electron chi connectivity index (χ2n) is 4.84. The molecule has 0 spiro atoms. The SMILES string of the molecule is Cc1cccc(C)c1NC(C)c1cc(Cl)ccc1O. The highest BCUT2D eigenvalue weighted by molar-refractivity contribution is 6.30. The summed E-state index contributed by atoms with van der Waals surface area (Å²) >= 11 is 5.99. The molecule has 1 unspecified atom stereocenters. The Morgan fingerprint density at radius 2 is 1.74 bits per heavy atom. The van der Waals surface area contributed by atoms with Crippen LogP contribution < -0.4 is 5.32 Å². The molecule has 0 saturated carbocycles. The molecule has 0 fully saturated rings. The van der Waals surface area contributed by atoms with Crippen molar-refractivity contribution in [1.29, 1.82) is 0 Å². The number of anilines is 1. The fourth-order valence-electron chi connectivity index (χ4n) is 2.21. The van der Waals surface area contributed by atoms with Gasteiger partial charge in [0.05, 0.1) is 6.04 Å². The maximum atomic E-state index is 9.92. The quantitative estimate of drug-likeness (QED) is 0.840. The van der Waals surface area contributed by atoms with Crippen molar-refractivity contribution in [3.8, 4) is 5.75 Å². The molecule has 0 aromatic heterocycles. The summed E-state index contributed by atoms with van der Waals surface area (Å²) < 4.78 is 0. The molecule has 0 amide bonds. The van der Waals surface area contributed by atoms with Gasteiger partial charge < -0.3 is 10.4 Å². The van der Waals surface area contributed by atoms with Crippen molar-refractivity contribution in [2.24, 2.45) is 0 Å². The fraction of sp³-hybridized carbons (Fsp3) is 0.250. The van der Waals surface area contributed by atoms with Crippen LogP contribution in [0, 0.1) is 13.8 Å². The van der Waals surface area contributed by atoms with Gasteiger partial charge in [-0.15, -0.1) is 0 Å². The molecule has 2 rings (SSSR count). The van der Waals surface area contributed by atoms with Crippen molar-refractivity contribution in [3.63, 3.8) is 0 Å². The van der Waals surface area contributed by atoms with Gasteiger partial charge >= 0.3 is 0 Å². The molecule has 2 N–H and O–H groups in total. The van der Waals surface area contributed by atoms with Gasteiger partial charge in [0.2, 0.25) is 0 Å². The summed E-state index contributed by atoms with van der Waals surface area (Å²) in [6, 6.07) is 11.3. The maximum Gasteiger partial charge on any atom is 0.120 e.